The highest BCUT2D eigenvalue weighted by Gasteiger charge is 2.14. The van der Waals surface area contributed by atoms with Crippen LogP contribution in [0.2, 0.25) is 0 Å². The average molecular weight is 591 g/mol. The zero-order valence-corrected chi connectivity index (χ0v) is 22.5. The number of aromatic hydroxyl groups is 1. The Labute approximate surface area is 228 Å². The monoisotopic (exact) mass is 589 g/mol. The maximum Gasteiger partial charge on any atom is 0.234 e. The van der Waals surface area contributed by atoms with Crippen LogP contribution in [0.15, 0.2) is 101 Å². The van der Waals surface area contributed by atoms with Crippen molar-refractivity contribution in [2.75, 3.05) is 5.32 Å². The highest BCUT2D eigenvalue weighted by molar-refractivity contribution is 9.10. The maximum atomic E-state index is 12.4. The van der Waals surface area contributed by atoms with E-state index in [-0.39, 0.29) is 12.3 Å². The van der Waals surface area contributed by atoms with Crippen LogP contribution in [0.3, 0.4) is 0 Å². The molecule has 38 heavy (non-hydrogen) atoms. The number of halogens is 1. The maximum absolute atomic E-state index is 12.4. The van der Waals surface area contributed by atoms with E-state index in [2.05, 4.69) is 36.1 Å². The Morgan fingerprint density at radius 3 is 2.45 bits per heavy atom. The number of para-hydroxylation sites is 1. The van der Waals surface area contributed by atoms with E-state index in [0.717, 1.165) is 21.2 Å². The van der Waals surface area contributed by atoms with E-state index in [1.807, 2.05) is 72.8 Å². The molecular formula is C28H24BrN5O3S. The van der Waals surface area contributed by atoms with E-state index in [1.54, 1.807) is 28.9 Å². The number of anilines is 1. The number of hydrogen-bond donors (Lipinski definition) is 3. The lowest BCUT2D eigenvalue weighted by atomic mass is 10.1. The molecule has 5 aromatic rings. The molecule has 0 saturated heterocycles. The molecule has 0 aliphatic carbocycles. The van der Waals surface area contributed by atoms with Gasteiger partial charge in [0, 0.05) is 30.1 Å². The number of aromatic nitrogens is 3. The molecule has 0 unspecified atom stereocenters. The number of nitrogens with one attached hydrogen (secondary N) is 2. The van der Waals surface area contributed by atoms with Crippen molar-refractivity contribution in [2.45, 2.75) is 13.1 Å². The van der Waals surface area contributed by atoms with Crippen LogP contribution in [0.5, 0.6) is 5.75 Å². The van der Waals surface area contributed by atoms with Crippen molar-refractivity contribution in [1.29, 1.82) is 0 Å². The van der Waals surface area contributed by atoms with Crippen molar-refractivity contribution in [1.82, 2.24) is 19.3 Å². The number of rotatable bonds is 9. The molecule has 0 amide bonds. The van der Waals surface area contributed by atoms with Crippen molar-refractivity contribution >= 4 is 43.5 Å². The molecule has 8 nitrogen and oxygen atoms in total. The predicted octanol–water partition coefficient (Wildman–Crippen LogP) is 5.57. The number of sulfonamides is 1. The Morgan fingerprint density at radius 2 is 1.66 bits per heavy atom. The summed E-state index contributed by atoms with van der Waals surface area (Å²) in [5, 5.41) is 19.3. The second-order valence-corrected chi connectivity index (χ2v) is 11.0. The topological polar surface area (TPSA) is 109 Å². The minimum atomic E-state index is -3.59. The molecule has 10 heteroatoms. The van der Waals surface area contributed by atoms with E-state index in [1.165, 1.54) is 5.41 Å². The molecule has 3 N–H and O–H groups in total. The number of benzene rings is 3. The Bertz CT molecular complexity index is 1720. The van der Waals surface area contributed by atoms with Gasteiger partial charge < -0.3 is 10.4 Å². The van der Waals surface area contributed by atoms with Crippen molar-refractivity contribution in [3.8, 4) is 17.0 Å². The molecule has 0 aliphatic heterocycles. The fourth-order valence-corrected chi connectivity index (χ4v) is 5.05. The molecule has 5 rings (SSSR count). The van der Waals surface area contributed by atoms with Crippen LogP contribution < -0.4 is 10.0 Å². The van der Waals surface area contributed by atoms with Gasteiger partial charge in [0.25, 0.3) is 0 Å². The minimum Gasteiger partial charge on any atom is -0.507 e. The fourth-order valence-electron chi connectivity index (χ4n) is 3.90. The molecular weight excluding hydrogens is 566 g/mol. The van der Waals surface area contributed by atoms with Gasteiger partial charge in [-0.25, -0.2) is 18.1 Å². The van der Waals surface area contributed by atoms with Crippen LogP contribution in [0, 0.1) is 0 Å². The second kappa shape index (κ2) is 11.2. The van der Waals surface area contributed by atoms with E-state index in [9.17, 15) is 13.5 Å². The summed E-state index contributed by atoms with van der Waals surface area (Å²) in [6, 6.07) is 25.8. The van der Waals surface area contributed by atoms with Gasteiger partial charge in [-0.3, -0.25) is 0 Å². The van der Waals surface area contributed by atoms with E-state index in [4.69, 9.17) is 0 Å². The van der Waals surface area contributed by atoms with Gasteiger partial charge in [0.2, 0.25) is 10.0 Å². The lowest BCUT2D eigenvalue weighted by Crippen LogP contribution is -2.20. The molecule has 0 saturated carbocycles. The van der Waals surface area contributed by atoms with Crippen LogP contribution in [0.1, 0.15) is 16.7 Å². The predicted molar refractivity (Wildman–Crippen MR) is 153 cm³/mol. The Morgan fingerprint density at radius 1 is 0.921 bits per heavy atom. The lowest BCUT2D eigenvalue weighted by molar-refractivity contribution is 0.477. The third-order valence-electron chi connectivity index (χ3n) is 5.79. The first-order valence-electron chi connectivity index (χ1n) is 11.8. The highest BCUT2D eigenvalue weighted by Crippen LogP contribution is 2.31. The third-order valence-corrected chi connectivity index (χ3v) is 7.39. The SMILES string of the molecule is O=S(=O)(/C=C/c1ccccc1)NCc1cccc(CNc2cc(-c3ccccc3O)nc3c(Br)cnn23)c1. The van der Waals surface area contributed by atoms with Crippen molar-refractivity contribution < 1.29 is 13.5 Å². The van der Waals surface area contributed by atoms with E-state index >= 15 is 0 Å². The summed E-state index contributed by atoms with van der Waals surface area (Å²) in [6.45, 7) is 0.629. The molecule has 0 radical (unpaired) electrons. The summed E-state index contributed by atoms with van der Waals surface area (Å²) in [7, 11) is -3.59. The standard InChI is InChI=1S/C28H24BrN5O3S/c29-24-19-31-34-27(16-25(33-28(24)34)23-11-4-5-12-26(23)35)30-17-21-9-6-10-22(15-21)18-32-38(36,37)14-13-20-7-2-1-3-8-20/h1-16,19,30,32,35H,17-18H2/b14-13+. The molecule has 0 fully saturated rings. The quantitative estimate of drug-likeness (QED) is 0.207. The Hall–Kier alpha value is -3.99. The molecule has 3 aromatic carbocycles. The number of nitrogens with zero attached hydrogens (tertiary/aromatic N) is 3. The summed E-state index contributed by atoms with van der Waals surface area (Å²) in [4.78, 5) is 4.66. The van der Waals surface area contributed by atoms with E-state index < -0.39 is 10.0 Å². The number of fused-ring (bicyclic) bond motifs is 1. The largest absolute Gasteiger partial charge is 0.507 e. The summed E-state index contributed by atoms with van der Waals surface area (Å²) >= 11 is 3.49. The van der Waals surface area contributed by atoms with Crippen molar-refractivity contribution in [3.63, 3.8) is 0 Å². The first-order chi connectivity index (χ1) is 18.4. The van der Waals surface area contributed by atoms with Gasteiger partial charge in [0.15, 0.2) is 5.65 Å². The van der Waals surface area contributed by atoms with Gasteiger partial charge in [-0.15, -0.1) is 0 Å². The molecule has 2 heterocycles. The minimum absolute atomic E-state index is 0.139. The van der Waals surface area contributed by atoms with Gasteiger partial charge in [-0.1, -0.05) is 66.7 Å². The third kappa shape index (κ3) is 6.10. The summed E-state index contributed by atoms with van der Waals surface area (Å²) < 4.78 is 29.9. The molecule has 0 atom stereocenters. The molecule has 0 aliphatic rings. The van der Waals surface area contributed by atoms with Gasteiger partial charge in [0.05, 0.1) is 16.4 Å². The summed E-state index contributed by atoms with van der Waals surface area (Å²) in [5.41, 5.74) is 4.43. The van der Waals surface area contributed by atoms with E-state index in [0.29, 0.717) is 29.3 Å². The second-order valence-electron chi connectivity index (χ2n) is 8.52. The van der Waals surface area contributed by atoms with Crippen LogP contribution in [0.4, 0.5) is 5.82 Å². The lowest BCUT2D eigenvalue weighted by Gasteiger charge is -2.12. The normalized spacial score (nSPS) is 11.8. The van der Waals surface area contributed by atoms with Crippen LogP contribution in [-0.4, -0.2) is 28.1 Å². The fraction of sp³-hybridized carbons (Fsp3) is 0.0714. The zero-order chi connectivity index (χ0) is 26.5. The van der Waals surface area contributed by atoms with Crippen LogP contribution in [0.25, 0.3) is 23.0 Å². The zero-order valence-electron chi connectivity index (χ0n) is 20.1. The molecule has 192 valence electrons. The Kier molecular flexibility index (Phi) is 7.54. The van der Waals surface area contributed by atoms with Gasteiger partial charge in [0.1, 0.15) is 11.6 Å². The van der Waals surface area contributed by atoms with Gasteiger partial charge in [-0.05, 0) is 50.8 Å². The van der Waals surface area contributed by atoms with Crippen molar-refractivity contribution in [2.24, 2.45) is 0 Å². The van der Waals surface area contributed by atoms with Crippen LogP contribution >= 0.6 is 15.9 Å². The summed E-state index contributed by atoms with van der Waals surface area (Å²) in [5.74, 6) is 0.829. The highest BCUT2D eigenvalue weighted by atomic mass is 79.9. The average Bonchev–Trinajstić information content (AvgIpc) is 3.31. The van der Waals surface area contributed by atoms with Gasteiger partial charge in [-0.2, -0.15) is 9.61 Å². The molecule has 0 spiro atoms. The first kappa shape index (κ1) is 25.7. The van der Waals surface area contributed by atoms with Crippen molar-refractivity contribution in [3.05, 3.63) is 118 Å². The number of phenols is 1. The first-order valence-corrected chi connectivity index (χ1v) is 14.1. The smallest absolute Gasteiger partial charge is 0.234 e. The number of hydrogen-bond acceptors (Lipinski definition) is 6. The Balaban J connectivity index is 1.31. The molecule has 0 bridgehead atoms. The summed E-state index contributed by atoms with van der Waals surface area (Å²) in [6.07, 6.45) is 3.23. The number of phenolic OH excluding ortho intramolecular Hbond substituents is 1. The van der Waals surface area contributed by atoms with Crippen LogP contribution in [-0.2, 0) is 23.1 Å². The molecule has 2 aromatic heterocycles. The van der Waals surface area contributed by atoms with Gasteiger partial charge >= 0.3 is 0 Å².